The molecule has 0 radical (unpaired) electrons. The fourth-order valence-corrected chi connectivity index (χ4v) is 4.52. The molecule has 1 aromatic carbocycles. The molecule has 0 aliphatic rings. The molecule has 0 aliphatic carbocycles. The fourth-order valence-electron chi connectivity index (χ4n) is 3.57. The van der Waals surface area contributed by atoms with Crippen LogP contribution in [0.1, 0.15) is 44.0 Å². The third-order valence-electron chi connectivity index (χ3n) is 5.38. The number of fused-ring (bicyclic) bond motifs is 2. The molecule has 0 saturated carbocycles. The lowest BCUT2D eigenvalue weighted by molar-refractivity contribution is 0.435. The molecular weight excluding hydrogens is 396 g/mol. The van der Waals surface area contributed by atoms with Gasteiger partial charge in [-0.2, -0.15) is 0 Å². The van der Waals surface area contributed by atoms with Crippen LogP contribution in [0.5, 0.6) is 5.88 Å². The highest BCUT2D eigenvalue weighted by Gasteiger charge is 2.21. The maximum Gasteiger partial charge on any atom is 0.219 e. The zero-order chi connectivity index (χ0) is 21.3. The monoisotopic (exact) mass is 422 g/mol. The first-order valence-electron chi connectivity index (χ1n) is 10.1. The third kappa shape index (κ3) is 3.70. The van der Waals surface area contributed by atoms with Crippen molar-refractivity contribution in [1.82, 2.24) is 14.4 Å². The number of hydrogen-bond acceptors (Lipinski definition) is 5. The third-order valence-corrected chi connectivity index (χ3v) is 6.34. The van der Waals surface area contributed by atoms with Gasteiger partial charge in [-0.3, -0.25) is 9.39 Å². The van der Waals surface area contributed by atoms with Crippen molar-refractivity contribution in [2.75, 3.05) is 6.54 Å². The van der Waals surface area contributed by atoms with Gasteiger partial charge in [-0.25, -0.2) is 9.97 Å². The number of aliphatic imine (C=N–C) groups is 1. The molecule has 4 rings (SSSR count). The summed E-state index contributed by atoms with van der Waals surface area (Å²) in [5.41, 5.74) is 15.0. The summed E-state index contributed by atoms with van der Waals surface area (Å²) < 4.78 is 2.98. The second-order valence-corrected chi connectivity index (χ2v) is 8.36. The quantitative estimate of drug-likeness (QED) is 0.236. The number of aromatic nitrogens is 3. The zero-order valence-electron chi connectivity index (χ0n) is 17.2. The number of aryl methyl sites for hydroxylation is 1. The van der Waals surface area contributed by atoms with Gasteiger partial charge in [0.15, 0.2) is 11.6 Å². The summed E-state index contributed by atoms with van der Waals surface area (Å²) in [6, 6.07) is 8.27. The highest BCUT2D eigenvalue weighted by molar-refractivity contribution is 7.17. The van der Waals surface area contributed by atoms with Gasteiger partial charge >= 0.3 is 0 Å². The largest absolute Gasteiger partial charge is 0.493 e. The highest BCUT2D eigenvalue weighted by atomic mass is 32.1. The molecule has 1 unspecified atom stereocenters. The van der Waals surface area contributed by atoms with E-state index in [0.717, 1.165) is 35.2 Å². The molecule has 156 valence electrons. The number of imidazole rings is 1. The first-order valence-corrected chi connectivity index (χ1v) is 11.0. The summed E-state index contributed by atoms with van der Waals surface area (Å²) in [4.78, 5) is 13.8. The lowest BCUT2D eigenvalue weighted by Crippen LogP contribution is -2.23. The first-order chi connectivity index (χ1) is 14.5. The Bertz CT molecular complexity index is 1220. The standard InChI is InChI=1S/C22H26N6OS/c1-3-13(2)19-21(29)28-11-17(15-12-30-18-9-5-4-7-14(15)18)26-16(20(28)27-19)8-6-10-25-22(23)24/h4-5,7,9,11-13,29H,3,6,8,10H2,1-2H3,(H4,23,24,25). The van der Waals surface area contributed by atoms with Crippen molar-refractivity contribution >= 4 is 33.0 Å². The SMILES string of the molecule is CCC(C)c1nc2c(CCCN=C(N)N)nc(-c3csc4ccccc34)cn2c1O. The Morgan fingerprint density at radius 1 is 1.27 bits per heavy atom. The normalized spacial score (nSPS) is 12.5. The van der Waals surface area contributed by atoms with Crippen LogP contribution >= 0.6 is 11.3 Å². The Morgan fingerprint density at radius 3 is 2.83 bits per heavy atom. The number of thiophene rings is 1. The van der Waals surface area contributed by atoms with Crippen molar-refractivity contribution in [2.24, 2.45) is 16.5 Å². The molecule has 0 saturated heterocycles. The summed E-state index contributed by atoms with van der Waals surface area (Å²) >= 11 is 1.69. The topological polar surface area (TPSA) is 115 Å². The van der Waals surface area contributed by atoms with E-state index in [1.54, 1.807) is 15.7 Å². The molecule has 7 nitrogen and oxygen atoms in total. The predicted molar refractivity (Wildman–Crippen MR) is 123 cm³/mol. The molecule has 5 N–H and O–H groups in total. The van der Waals surface area contributed by atoms with Crippen LogP contribution in [0.3, 0.4) is 0 Å². The van der Waals surface area contributed by atoms with E-state index in [9.17, 15) is 5.11 Å². The summed E-state index contributed by atoms with van der Waals surface area (Å²) in [6.45, 7) is 4.68. The molecule has 0 fully saturated rings. The van der Waals surface area contributed by atoms with Gasteiger partial charge in [-0.05, 0) is 25.3 Å². The first kappa shape index (κ1) is 20.2. The van der Waals surface area contributed by atoms with Crippen molar-refractivity contribution in [2.45, 2.75) is 39.0 Å². The minimum Gasteiger partial charge on any atom is -0.493 e. The maximum absolute atomic E-state index is 10.9. The molecule has 3 heterocycles. The number of hydrogen-bond donors (Lipinski definition) is 3. The molecule has 0 aliphatic heterocycles. The second kappa shape index (κ2) is 8.31. The van der Waals surface area contributed by atoms with E-state index in [1.807, 2.05) is 18.3 Å². The van der Waals surface area contributed by atoms with Gasteiger partial charge in [0, 0.05) is 39.7 Å². The van der Waals surface area contributed by atoms with Crippen LogP contribution in [0.2, 0.25) is 0 Å². The summed E-state index contributed by atoms with van der Waals surface area (Å²) in [6.07, 6.45) is 4.18. The van der Waals surface area contributed by atoms with E-state index in [2.05, 4.69) is 36.4 Å². The number of benzene rings is 1. The average molecular weight is 423 g/mol. The zero-order valence-corrected chi connectivity index (χ0v) is 18.0. The van der Waals surface area contributed by atoms with E-state index in [-0.39, 0.29) is 17.8 Å². The average Bonchev–Trinajstić information content (AvgIpc) is 3.32. The molecule has 0 bridgehead atoms. The Hall–Kier alpha value is -3.13. The van der Waals surface area contributed by atoms with Crippen molar-refractivity contribution in [3.63, 3.8) is 0 Å². The lowest BCUT2D eigenvalue weighted by atomic mass is 10.1. The van der Waals surface area contributed by atoms with Crippen LogP contribution in [-0.2, 0) is 6.42 Å². The van der Waals surface area contributed by atoms with Crippen molar-refractivity contribution in [3.05, 3.63) is 47.2 Å². The number of aromatic hydroxyl groups is 1. The number of nitrogens with zero attached hydrogens (tertiary/aromatic N) is 4. The molecule has 1 atom stereocenters. The molecule has 8 heteroatoms. The second-order valence-electron chi connectivity index (χ2n) is 7.45. The van der Waals surface area contributed by atoms with Crippen molar-refractivity contribution in [1.29, 1.82) is 0 Å². The minimum absolute atomic E-state index is 0.0871. The van der Waals surface area contributed by atoms with Crippen LogP contribution in [-0.4, -0.2) is 32.0 Å². The van der Waals surface area contributed by atoms with Gasteiger partial charge < -0.3 is 16.6 Å². The minimum atomic E-state index is 0.0871. The Balaban J connectivity index is 1.85. The Labute approximate surface area is 179 Å². The summed E-state index contributed by atoms with van der Waals surface area (Å²) in [5, 5.41) is 14.2. The molecule has 4 aromatic rings. The molecule has 0 amide bonds. The molecule has 30 heavy (non-hydrogen) atoms. The van der Waals surface area contributed by atoms with E-state index >= 15 is 0 Å². The van der Waals surface area contributed by atoms with Crippen LogP contribution in [0, 0.1) is 0 Å². The maximum atomic E-state index is 10.9. The molecule has 0 spiro atoms. The molecular formula is C22H26N6OS. The Kier molecular flexibility index (Phi) is 5.59. The van der Waals surface area contributed by atoms with E-state index < -0.39 is 0 Å². The van der Waals surface area contributed by atoms with Crippen LogP contribution < -0.4 is 11.5 Å². The smallest absolute Gasteiger partial charge is 0.219 e. The van der Waals surface area contributed by atoms with Crippen molar-refractivity contribution < 1.29 is 5.11 Å². The number of guanidine groups is 1. The van der Waals surface area contributed by atoms with Gasteiger partial charge in [0.05, 0.1) is 11.4 Å². The van der Waals surface area contributed by atoms with Crippen LogP contribution in [0.4, 0.5) is 0 Å². The van der Waals surface area contributed by atoms with Gasteiger partial charge in [-0.15, -0.1) is 11.3 Å². The van der Waals surface area contributed by atoms with Crippen LogP contribution in [0.25, 0.3) is 27.0 Å². The predicted octanol–water partition coefficient (Wildman–Crippen LogP) is 4.04. The summed E-state index contributed by atoms with van der Waals surface area (Å²) in [5.74, 6) is 0.432. The van der Waals surface area contributed by atoms with Gasteiger partial charge in [0.25, 0.3) is 0 Å². The van der Waals surface area contributed by atoms with Gasteiger partial charge in [0.1, 0.15) is 5.69 Å². The lowest BCUT2D eigenvalue weighted by Gasteiger charge is -2.08. The highest BCUT2D eigenvalue weighted by Crippen LogP contribution is 2.35. The van der Waals surface area contributed by atoms with Gasteiger partial charge in [0.2, 0.25) is 5.88 Å². The van der Waals surface area contributed by atoms with Crippen molar-refractivity contribution in [3.8, 4) is 17.1 Å². The van der Waals surface area contributed by atoms with Crippen LogP contribution in [0.15, 0.2) is 40.8 Å². The fraction of sp³-hybridized carbons (Fsp3) is 0.318. The van der Waals surface area contributed by atoms with Gasteiger partial charge in [-0.1, -0.05) is 32.0 Å². The number of rotatable bonds is 7. The summed E-state index contributed by atoms with van der Waals surface area (Å²) in [7, 11) is 0. The van der Waals surface area contributed by atoms with E-state index in [1.165, 1.54) is 4.70 Å². The molecule has 3 aromatic heterocycles. The van der Waals surface area contributed by atoms with E-state index in [4.69, 9.17) is 21.4 Å². The van der Waals surface area contributed by atoms with E-state index in [0.29, 0.717) is 24.3 Å². The Morgan fingerprint density at radius 2 is 2.07 bits per heavy atom. The number of nitrogens with two attached hydrogens (primary N) is 2.